The number of anilines is 2. The number of hydrogen-bond donors (Lipinski definition) is 5. The molecule has 9 heterocycles. The van der Waals surface area contributed by atoms with Crippen LogP contribution in [0.1, 0.15) is 22.8 Å². The Morgan fingerprint density at radius 1 is 0.484 bits per heavy atom. The summed E-state index contributed by atoms with van der Waals surface area (Å²) in [6.07, 6.45) is 21.6. The molecule has 5 aromatic carbocycles. The third-order valence-corrected chi connectivity index (χ3v) is 20.0. The lowest BCUT2D eigenvalue weighted by Gasteiger charge is -2.12. The number of carbonyl (C=O) groups excluding carboxylic acids is 1. The van der Waals surface area contributed by atoms with Crippen LogP contribution in [-0.4, -0.2) is 131 Å². The van der Waals surface area contributed by atoms with Gasteiger partial charge in [0, 0.05) is 168 Å². The maximum atomic E-state index is 13.1. The third-order valence-electron chi connectivity index (χ3n) is 15.7. The van der Waals surface area contributed by atoms with Crippen LogP contribution in [0.3, 0.4) is 0 Å². The van der Waals surface area contributed by atoms with E-state index in [2.05, 4.69) is 73.8 Å². The zero-order valence-corrected chi connectivity index (χ0v) is 54.4. The van der Waals surface area contributed by atoms with E-state index in [1.807, 2.05) is 149 Å². The minimum atomic E-state index is -4.01. The number of aromatic nitrogens is 12. The first kappa shape index (κ1) is 63.4. The molecule has 0 spiro atoms. The highest BCUT2D eigenvalue weighted by Gasteiger charge is 2.23. The van der Waals surface area contributed by atoms with E-state index in [0.29, 0.717) is 40.1 Å². The van der Waals surface area contributed by atoms with Gasteiger partial charge in [0.2, 0.25) is 0 Å². The number of hydrogen-bond acceptors (Lipinski definition) is 16. The molecule has 0 saturated carbocycles. The number of sulfone groups is 1. The van der Waals surface area contributed by atoms with Crippen molar-refractivity contribution in [2.24, 2.45) is 0 Å². The van der Waals surface area contributed by atoms with Crippen molar-refractivity contribution in [3.05, 3.63) is 225 Å². The minimum Gasteiger partial charge on any atom is -0.378 e. The Kier molecular flexibility index (Phi) is 17.4. The van der Waals surface area contributed by atoms with Gasteiger partial charge >= 0.3 is 0 Å². The zero-order chi connectivity index (χ0) is 66.8. The molecule has 476 valence electrons. The summed E-state index contributed by atoms with van der Waals surface area (Å²) in [6, 6.07) is 42.8. The fourth-order valence-corrected chi connectivity index (χ4v) is 13.4. The number of nitriles is 1. The molecular formula is C69H60N16O7S3. The van der Waals surface area contributed by atoms with E-state index in [-0.39, 0.29) is 20.6 Å². The number of rotatable bonds is 15. The number of carbonyl (C=O) groups is 1. The summed E-state index contributed by atoms with van der Waals surface area (Å²) in [5.74, 6) is -0.0597. The highest BCUT2D eigenvalue weighted by molar-refractivity contribution is 7.91. The smallest absolute Gasteiger partial charge is 0.282 e. The fourth-order valence-electron chi connectivity index (χ4n) is 10.5. The summed E-state index contributed by atoms with van der Waals surface area (Å²) < 4.78 is 77.3. The van der Waals surface area contributed by atoms with Crippen molar-refractivity contribution in [2.45, 2.75) is 21.6 Å². The van der Waals surface area contributed by atoms with Crippen molar-refractivity contribution < 1.29 is 30.0 Å². The van der Waals surface area contributed by atoms with Gasteiger partial charge in [0.1, 0.15) is 16.9 Å². The monoisotopic (exact) mass is 1320 g/mol. The highest BCUT2D eigenvalue weighted by Crippen LogP contribution is 2.35. The molecule has 0 unspecified atom stereocenters. The number of amides is 1. The minimum absolute atomic E-state index is 0.0426. The largest absolute Gasteiger partial charge is 0.378 e. The number of nitrogens with one attached hydrogen (secondary N) is 5. The number of nitrogens with zero attached hydrogens (tertiary/aromatic N) is 11. The standard InChI is InChI=1S/C25H20N6O2S.C25H23N5O4S2.C19H17N5O/c1-30(2)21-7-5-18(6-8-21)19-11-23-24(15-28-25(23)27-13-19)20-14-29-31(16-20)34(32,33)22-9-3-17(12-26)4-10-22;1-29(2)20-6-4-17(5-7-20)18-12-23-24(15-27-25(23)26-13-18)19-14-28-30(16-19)36(33,34)22-10-8-21(9-11-22)35(3,31)32;1-2-20-19(25)13-5-3-12(4-6-13)14-7-16-17(15-9-23-24-10-15)11-22-18(16)21-8-14/h3-11,13-16H,1-2H3,(H,27,28);4-16H,1-3H3,(H,26,27);3-11H,2H2,1H3,(H,20,25)(H,21,22)(H,23,24). The van der Waals surface area contributed by atoms with Crippen LogP contribution in [0.2, 0.25) is 0 Å². The second-order valence-electron chi connectivity index (χ2n) is 22.4. The Bertz CT molecular complexity index is 5520. The molecule has 0 saturated heterocycles. The Hall–Kier alpha value is -11.8. The quantitative estimate of drug-likeness (QED) is 0.0637. The Labute approximate surface area is 546 Å². The molecule has 0 aliphatic rings. The lowest BCUT2D eigenvalue weighted by Crippen LogP contribution is -2.22. The van der Waals surface area contributed by atoms with Crippen LogP contribution < -0.4 is 15.1 Å². The van der Waals surface area contributed by atoms with Crippen LogP contribution in [0.15, 0.2) is 229 Å². The summed E-state index contributed by atoms with van der Waals surface area (Å²) >= 11 is 0. The Morgan fingerprint density at radius 2 is 0.874 bits per heavy atom. The van der Waals surface area contributed by atoms with E-state index in [4.69, 9.17) is 5.26 Å². The van der Waals surface area contributed by atoms with E-state index in [1.165, 1.54) is 73.3 Å². The van der Waals surface area contributed by atoms with Crippen molar-refractivity contribution in [1.29, 1.82) is 5.26 Å². The predicted molar refractivity (Wildman–Crippen MR) is 367 cm³/mol. The van der Waals surface area contributed by atoms with Crippen molar-refractivity contribution in [3.8, 4) is 72.8 Å². The van der Waals surface area contributed by atoms with Gasteiger partial charge in [0.15, 0.2) is 9.84 Å². The molecule has 5 N–H and O–H groups in total. The summed E-state index contributed by atoms with van der Waals surface area (Å²) in [5.41, 5.74) is 16.3. The summed E-state index contributed by atoms with van der Waals surface area (Å²) in [5, 5.41) is 29.5. The molecule has 0 aliphatic carbocycles. The SMILES string of the molecule is CCNC(=O)c1ccc(-c2cnc3[nH]cc(-c4cn[nH]c4)c3c2)cc1.CN(C)c1ccc(-c2cnc3[nH]cc(-c4cnn(S(=O)(=O)c5ccc(C#N)cc5)c4)c3c2)cc1.CN(C)c1ccc(-c2cnc3[nH]cc(-c4cnn(S(=O)(=O)c5ccc(S(C)(=O)=O)cc5)c4)c3c2)cc1. The first-order chi connectivity index (χ1) is 45.7. The van der Waals surface area contributed by atoms with Crippen LogP contribution in [0.4, 0.5) is 11.4 Å². The van der Waals surface area contributed by atoms with E-state index in [9.17, 15) is 30.0 Å². The van der Waals surface area contributed by atoms with Crippen LogP contribution in [0.25, 0.3) is 99.9 Å². The second kappa shape index (κ2) is 26.1. The Balaban J connectivity index is 0.000000139. The molecule has 14 aromatic rings. The molecule has 0 fully saturated rings. The average molecular weight is 1320 g/mol. The molecule has 0 atom stereocenters. The van der Waals surface area contributed by atoms with Gasteiger partial charge in [-0.05, 0) is 127 Å². The third kappa shape index (κ3) is 13.2. The normalized spacial score (nSPS) is 11.6. The van der Waals surface area contributed by atoms with Crippen molar-refractivity contribution >= 4 is 80.3 Å². The Morgan fingerprint density at radius 3 is 1.24 bits per heavy atom. The highest BCUT2D eigenvalue weighted by atomic mass is 32.2. The molecule has 0 bridgehead atoms. The lowest BCUT2D eigenvalue weighted by molar-refractivity contribution is 0.0955. The molecule has 26 heteroatoms. The van der Waals surface area contributed by atoms with E-state index < -0.39 is 29.9 Å². The van der Waals surface area contributed by atoms with Gasteiger partial charge in [0.05, 0.1) is 57.3 Å². The number of benzene rings is 5. The van der Waals surface area contributed by atoms with Crippen molar-refractivity contribution in [1.82, 2.24) is 63.8 Å². The van der Waals surface area contributed by atoms with Crippen LogP contribution in [0, 0.1) is 11.3 Å². The van der Waals surface area contributed by atoms with Crippen molar-refractivity contribution in [2.75, 3.05) is 50.8 Å². The van der Waals surface area contributed by atoms with E-state index in [0.717, 1.165) is 103 Å². The van der Waals surface area contributed by atoms with Gasteiger partial charge in [-0.1, -0.05) is 36.4 Å². The molecule has 0 aliphatic heterocycles. The van der Waals surface area contributed by atoms with Gasteiger partial charge in [-0.25, -0.2) is 23.4 Å². The number of pyridine rings is 3. The van der Waals surface area contributed by atoms with Gasteiger partial charge in [-0.15, -0.1) is 0 Å². The lowest BCUT2D eigenvalue weighted by atomic mass is 10.0. The maximum absolute atomic E-state index is 13.1. The predicted octanol–water partition coefficient (Wildman–Crippen LogP) is 11.4. The van der Waals surface area contributed by atoms with Crippen molar-refractivity contribution in [3.63, 3.8) is 0 Å². The average Bonchev–Trinajstić information content (AvgIpc) is 1.68. The fraction of sp³-hybridized carbons (Fsp3) is 0.101. The molecule has 95 heavy (non-hydrogen) atoms. The van der Waals surface area contributed by atoms with Gasteiger partial charge in [0.25, 0.3) is 26.0 Å². The first-order valence-electron chi connectivity index (χ1n) is 29.4. The zero-order valence-electron chi connectivity index (χ0n) is 51.9. The first-order valence-corrected chi connectivity index (χ1v) is 34.2. The van der Waals surface area contributed by atoms with Crippen LogP contribution in [0.5, 0.6) is 0 Å². The second-order valence-corrected chi connectivity index (χ2v) is 28.0. The van der Waals surface area contributed by atoms with Crippen LogP contribution >= 0.6 is 0 Å². The molecular weight excluding hydrogens is 1260 g/mol. The van der Waals surface area contributed by atoms with Gasteiger partial charge in [-0.3, -0.25) is 9.89 Å². The molecule has 0 radical (unpaired) electrons. The summed E-state index contributed by atoms with van der Waals surface area (Å²) in [4.78, 5) is 39.0. The summed E-state index contributed by atoms with van der Waals surface area (Å²) in [6.45, 7) is 2.52. The molecule has 14 rings (SSSR count). The van der Waals surface area contributed by atoms with Gasteiger partial charge < -0.3 is 30.1 Å². The molecule has 1 amide bonds. The number of H-pyrrole nitrogens is 4. The van der Waals surface area contributed by atoms with E-state index in [1.54, 1.807) is 24.8 Å². The molecule has 23 nitrogen and oxygen atoms in total. The maximum Gasteiger partial charge on any atom is 0.282 e. The van der Waals surface area contributed by atoms with Crippen LogP contribution in [-0.2, 0) is 29.9 Å². The number of aromatic amines is 4. The van der Waals surface area contributed by atoms with E-state index >= 15 is 0 Å². The van der Waals surface area contributed by atoms with Gasteiger partial charge in [-0.2, -0.15) is 45.6 Å². The topological polar surface area (TPSA) is 312 Å². The summed E-state index contributed by atoms with van der Waals surface area (Å²) in [7, 11) is -3.36. The molecule has 9 aromatic heterocycles. The number of fused-ring (bicyclic) bond motifs is 3.